The zero-order chi connectivity index (χ0) is 13.3. The minimum atomic E-state index is 1.14. The third-order valence-corrected chi connectivity index (χ3v) is 3.34. The van der Waals surface area contributed by atoms with Gasteiger partial charge in [-0.1, -0.05) is 62.6 Å². The van der Waals surface area contributed by atoms with Crippen LogP contribution in [0.2, 0.25) is 0 Å². The Hall–Kier alpha value is -1.78. The first kappa shape index (κ1) is 13.6. The third-order valence-electron chi connectivity index (χ3n) is 3.34. The zero-order valence-electron chi connectivity index (χ0n) is 11.7. The molecule has 0 spiro atoms. The maximum atomic E-state index is 3.29. The van der Waals surface area contributed by atoms with E-state index in [1.54, 1.807) is 0 Å². The third kappa shape index (κ3) is 4.43. The van der Waals surface area contributed by atoms with Gasteiger partial charge in [-0.3, -0.25) is 0 Å². The van der Waals surface area contributed by atoms with E-state index in [-0.39, 0.29) is 0 Å². The monoisotopic (exact) mass is 250 g/mol. The highest BCUT2D eigenvalue weighted by Crippen LogP contribution is 2.16. The van der Waals surface area contributed by atoms with Crippen LogP contribution in [0.25, 0.3) is 16.8 Å². The van der Waals surface area contributed by atoms with Gasteiger partial charge in [0.05, 0.1) is 0 Å². The molecule has 0 heterocycles. The number of fused-ring (bicyclic) bond motifs is 1. The number of rotatable bonds is 6. The van der Waals surface area contributed by atoms with Crippen LogP contribution in [0.1, 0.15) is 44.6 Å². The SMILES string of the molecule is CCCCCCC=C=Cc1ccc2ccccc2c1. The lowest BCUT2D eigenvalue weighted by Gasteiger charge is -1.97. The fourth-order valence-corrected chi connectivity index (χ4v) is 2.21. The maximum Gasteiger partial charge on any atom is -0.0130 e. The Balaban J connectivity index is 1.95. The summed E-state index contributed by atoms with van der Waals surface area (Å²) in [5, 5.41) is 2.59. The van der Waals surface area contributed by atoms with Crippen molar-refractivity contribution in [1.29, 1.82) is 0 Å². The summed E-state index contributed by atoms with van der Waals surface area (Å²) < 4.78 is 0. The molecule has 2 rings (SSSR count). The smallest absolute Gasteiger partial charge is 0.0130 e. The average molecular weight is 250 g/mol. The van der Waals surface area contributed by atoms with Crippen LogP contribution >= 0.6 is 0 Å². The molecule has 0 atom stereocenters. The standard InChI is InChI=1S/C19H22/c1-2-3-4-5-6-7-8-11-17-14-15-18-12-9-10-13-19(18)16-17/h7,9-16H,2-6H2,1H3. The molecule has 0 radical (unpaired) electrons. The lowest BCUT2D eigenvalue weighted by molar-refractivity contribution is 0.675. The van der Waals surface area contributed by atoms with Gasteiger partial charge in [0.2, 0.25) is 0 Å². The van der Waals surface area contributed by atoms with Gasteiger partial charge in [-0.15, -0.1) is 5.73 Å². The van der Waals surface area contributed by atoms with Gasteiger partial charge in [0, 0.05) is 0 Å². The molecule has 0 unspecified atom stereocenters. The van der Waals surface area contributed by atoms with Crippen molar-refractivity contribution in [3.63, 3.8) is 0 Å². The van der Waals surface area contributed by atoms with Gasteiger partial charge >= 0.3 is 0 Å². The van der Waals surface area contributed by atoms with E-state index in [9.17, 15) is 0 Å². The quantitative estimate of drug-likeness (QED) is 0.437. The van der Waals surface area contributed by atoms with E-state index in [1.165, 1.54) is 42.0 Å². The normalized spacial score (nSPS) is 10.2. The molecule has 0 heteroatoms. The second-order valence-corrected chi connectivity index (χ2v) is 4.97. The van der Waals surface area contributed by atoms with E-state index in [1.807, 2.05) is 0 Å². The van der Waals surface area contributed by atoms with Crippen LogP contribution < -0.4 is 0 Å². The van der Waals surface area contributed by atoms with Crippen LogP contribution in [0.5, 0.6) is 0 Å². The summed E-state index contributed by atoms with van der Waals surface area (Å²) in [6.07, 6.45) is 10.6. The summed E-state index contributed by atoms with van der Waals surface area (Å²) in [4.78, 5) is 0. The van der Waals surface area contributed by atoms with Crippen molar-refractivity contribution < 1.29 is 0 Å². The minimum Gasteiger partial charge on any atom is -0.125 e. The Morgan fingerprint density at radius 3 is 2.63 bits per heavy atom. The predicted molar refractivity (Wildman–Crippen MR) is 85.3 cm³/mol. The van der Waals surface area contributed by atoms with Gasteiger partial charge < -0.3 is 0 Å². The molecule has 0 saturated heterocycles. The molecule has 0 amide bonds. The molecule has 0 bridgehead atoms. The second-order valence-electron chi connectivity index (χ2n) is 4.97. The van der Waals surface area contributed by atoms with Crippen LogP contribution in [0, 0.1) is 0 Å². The van der Waals surface area contributed by atoms with Gasteiger partial charge in [-0.05, 0) is 47.4 Å². The average Bonchev–Trinajstić information content (AvgIpc) is 2.46. The van der Waals surface area contributed by atoms with Crippen LogP contribution in [-0.2, 0) is 0 Å². The molecule has 0 aliphatic carbocycles. The van der Waals surface area contributed by atoms with Gasteiger partial charge in [-0.25, -0.2) is 0 Å². The highest BCUT2D eigenvalue weighted by atomic mass is 14.0. The first-order chi connectivity index (χ1) is 9.40. The van der Waals surface area contributed by atoms with Crippen molar-refractivity contribution in [3.05, 3.63) is 59.8 Å². The van der Waals surface area contributed by atoms with Crippen molar-refractivity contribution in [2.24, 2.45) is 0 Å². The largest absolute Gasteiger partial charge is 0.125 e. The highest BCUT2D eigenvalue weighted by molar-refractivity contribution is 5.84. The van der Waals surface area contributed by atoms with E-state index in [2.05, 4.69) is 67.3 Å². The Kier molecular flexibility index (Phi) is 5.47. The molecule has 0 saturated carbocycles. The molecule has 0 aliphatic rings. The lowest BCUT2D eigenvalue weighted by Crippen LogP contribution is -1.74. The van der Waals surface area contributed by atoms with Crippen molar-refractivity contribution in [2.45, 2.75) is 39.0 Å². The molecule has 0 aromatic heterocycles. The van der Waals surface area contributed by atoms with E-state index in [0.717, 1.165) is 6.42 Å². The Morgan fingerprint density at radius 1 is 0.947 bits per heavy atom. The van der Waals surface area contributed by atoms with Gasteiger partial charge in [0.15, 0.2) is 0 Å². The summed E-state index contributed by atoms with van der Waals surface area (Å²) in [6.45, 7) is 2.25. The number of benzene rings is 2. The van der Waals surface area contributed by atoms with Crippen LogP contribution in [0.3, 0.4) is 0 Å². The van der Waals surface area contributed by atoms with Crippen LogP contribution in [0.15, 0.2) is 54.3 Å². The molecule has 0 fully saturated rings. The van der Waals surface area contributed by atoms with Gasteiger partial charge in [-0.2, -0.15) is 0 Å². The first-order valence-corrected chi connectivity index (χ1v) is 7.30. The van der Waals surface area contributed by atoms with E-state index in [4.69, 9.17) is 0 Å². The number of allylic oxidation sites excluding steroid dienone is 1. The molecule has 19 heavy (non-hydrogen) atoms. The lowest BCUT2D eigenvalue weighted by atomic mass is 10.1. The summed E-state index contributed by atoms with van der Waals surface area (Å²) in [7, 11) is 0. The number of hydrogen-bond donors (Lipinski definition) is 0. The van der Waals surface area contributed by atoms with E-state index in [0.29, 0.717) is 0 Å². The Labute approximate surface area is 116 Å². The molecular weight excluding hydrogens is 228 g/mol. The van der Waals surface area contributed by atoms with E-state index < -0.39 is 0 Å². The van der Waals surface area contributed by atoms with Crippen molar-refractivity contribution >= 4 is 16.8 Å². The highest BCUT2D eigenvalue weighted by Gasteiger charge is 1.92. The van der Waals surface area contributed by atoms with Crippen molar-refractivity contribution in [2.75, 3.05) is 0 Å². The first-order valence-electron chi connectivity index (χ1n) is 7.30. The second kappa shape index (κ2) is 7.61. The molecule has 98 valence electrons. The van der Waals surface area contributed by atoms with Crippen LogP contribution in [0.4, 0.5) is 0 Å². The van der Waals surface area contributed by atoms with Gasteiger partial charge in [0.25, 0.3) is 0 Å². The van der Waals surface area contributed by atoms with Crippen molar-refractivity contribution in [3.8, 4) is 0 Å². The molecule has 0 nitrogen and oxygen atoms in total. The topological polar surface area (TPSA) is 0 Å². The fraction of sp³-hybridized carbons (Fsp3) is 0.316. The molecule has 0 aliphatic heterocycles. The predicted octanol–water partition coefficient (Wildman–Crippen LogP) is 5.98. The molecule has 0 N–H and O–H groups in total. The molecule has 2 aromatic rings. The minimum absolute atomic E-state index is 1.14. The van der Waals surface area contributed by atoms with E-state index >= 15 is 0 Å². The fourth-order valence-electron chi connectivity index (χ4n) is 2.21. The van der Waals surface area contributed by atoms with Crippen molar-refractivity contribution in [1.82, 2.24) is 0 Å². The molecular formula is C19H22. The number of unbranched alkanes of at least 4 members (excludes halogenated alkanes) is 4. The summed E-state index contributed by atoms with van der Waals surface area (Å²) in [5.41, 5.74) is 4.52. The maximum absolute atomic E-state index is 3.29. The summed E-state index contributed by atoms with van der Waals surface area (Å²) >= 11 is 0. The van der Waals surface area contributed by atoms with Crippen LogP contribution in [-0.4, -0.2) is 0 Å². The molecule has 2 aromatic carbocycles. The summed E-state index contributed by atoms with van der Waals surface area (Å²) in [6, 6.07) is 15.0. The Morgan fingerprint density at radius 2 is 1.79 bits per heavy atom. The summed E-state index contributed by atoms with van der Waals surface area (Å²) in [5.74, 6) is 0. The van der Waals surface area contributed by atoms with Gasteiger partial charge in [0.1, 0.15) is 0 Å². The Bertz CT molecular complexity index is 571. The zero-order valence-corrected chi connectivity index (χ0v) is 11.7. The number of hydrogen-bond acceptors (Lipinski definition) is 0.